The first-order valence-electron chi connectivity index (χ1n) is 5.35. The Morgan fingerprint density at radius 1 is 0.647 bits per heavy atom. The molecule has 0 aliphatic carbocycles. The molecule has 0 spiro atoms. The largest absolute Gasteiger partial charge is 0.396 e. The van der Waals surface area contributed by atoms with Crippen LogP contribution in [-0.4, -0.2) is 82.0 Å². The molecule has 0 aromatic rings. The van der Waals surface area contributed by atoms with Crippen LogP contribution in [0, 0.1) is 11.3 Å². The first-order chi connectivity index (χ1) is 8.09. The first kappa shape index (κ1) is 19.1. The van der Waals surface area contributed by atoms with Crippen LogP contribution in [0.5, 0.6) is 0 Å². The number of rotatable bonds is 8. The number of aliphatic hydroxyl groups excluding tert-OH is 7. The van der Waals surface area contributed by atoms with Crippen LogP contribution in [0.3, 0.4) is 0 Å². The zero-order chi connectivity index (χ0) is 13.7. The first-order valence-corrected chi connectivity index (χ1v) is 5.35. The Morgan fingerprint density at radius 3 is 1.06 bits per heavy atom. The third-order valence-corrected chi connectivity index (χ3v) is 2.40. The van der Waals surface area contributed by atoms with Crippen LogP contribution in [0.1, 0.15) is 6.42 Å². The molecule has 0 saturated carbocycles. The highest BCUT2D eigenvalue weighted by atomic mass is 16.3. The van der Waals surface area contributed by atoms with Gasteiger partial charge in [-0.2, -0.15) is 0 Å². The van der Waals surface area contributed by atoms with Crippen LogP contribution < -0.4 is 0 Å². The molecule has 106 valence electrons. The van der Waals surface area contributed by atoms with Crippen molar-refractivity contribution < 1.29 is 35.7 Å². The van der Waals surface area contributed by atoms with Gasteiger partial charge in [-0.15, -0.1) is 0 Å². The highest BCUT2D eigenvalue weighted by Crippen LogP contribution is 2.11. The van der Waals surface area contributed by atoms with E-state index in [1.165, 1.54) is 0 Å². The summed E-state index contributed by atoms with van der Waals surface area (Å²) >= 11 is 0. The van der Waals surface area contributed by atoms with Crippen molar-refractivity contribution >= 4 is 0 Å². The minimum atomic E-state index is -1.11. The van der Waals surface area contributed by atoms with E-state index < -0.39 is 31.8 Å². The van der Waals surface area contributed by atoms with Gasteiger partial charge in [-0.1, -0.05) is 0 Å². The molecule has 0 aliphatic rings. The molecule has 7 N–H and O–H groups in total. The minimum absolute atomic E-state index is 0.0335. The molecule has 17 heavy (non-hydrogen) atoms. The molecule has 0 aromatic carbocycles. The lowest BCUT2D eigenvalue weighted by Crippen LogP contribution is -2.37. The second-order valence-electron chi connectivity index (χ2n) is 3.88. The van der Waals surface area contributed by atoms with Gasteiger partial charge in [0, 0.05) is 25.7 Å². The summed E-state index contributed by atoms with van der Waals surface area (Å²) in [7, 11) is 0. The molecule has 0 aromatic heterocycles. The maximum atomic E-state index is 8.50. The van der Waals surface area contributed by atoms with Gasteiger partial charge in [0.25, 0.3) is 0 Å². The quantitative estimate of drug-likeness (QED) is 0.244. The SMILES string of the molecule is OCC(CO)(CO)CO.OCCC(CO)CO. The Bertz CT molecular complexity index is 128. The van der Waals surface area contributed by atoms with Gasteiger partial charge in [-0.05, 0) is 6.42 Å². The van der Waals surface area contributed by atoms with Gasteiger partial charge in [0.2, 0.25) is 0 Å². The average molecular weight is 256 g/mol. The smallest absolute Gasteiger partial charge is 0.0627 e. The fourth-order valence-electron chi connectivity index (χ4n) is 0.723. The molecule has 7 heteroatoms. The molecule has 0 amide bonds. The summed E-state index contributed by atoms with van der Waals surface area (Å²) in [5.74, 6) is -0.139. The van der Waals surface area contributed by atoms with Crippen molar-refractivity contribution in [2.24, 2.45) is 11.3 Å². The molecule has 0 bridgehead atoms. The minimum Gasteiger partial charge on any atom is -0.396 e. The number of aliphatic hydroxyl groups is 7. The molecule has 0 radical (unpaired) electrons. The van der Waals surface area contributed by atoms with Crippen molar-refractivity contribution in [3.05, 3.63) is 0 Å². The van der Waals surface area contributed by atoms with Crippen molar-refractivity contribution in [2.75, 3.05) is 46.2 Å². The van der Waals surface area contributed by atoms with E-state index in [2.05, 4.69) is 0 Å². The summed E-state index contributed by atoms with van der Waals surface area (Å²) in [6.45, 7) is -1.68. The topological polar surface area (TPSA) is 142 Å². The Hall–Kier alpha value is -0.280. The van der Waals surface area contributed by atoms with Gasteiger partial charge in [0.05, 0.1) is 31.8 Å². The molecule has 7 nitrogen and oxygen atoms in total. The molecule has 0 aliphatic heterocycles. The van der Waals surface area contributed by atoms with Crippen molar-refractivity contribution in [1.29, 1.82) is 0 Å². The fourth-order valence-corrected chi connectivity index (χ4v) is 0.723. The van der Waals surface area contributed by atoms with Gasteiger partial charge in [0.15, 0.2) is 0 Å². The van der Waals surface area contributed by atoms with Gasteiger partial charge in [-0.25, -0.2) is 0 Å². The van der Waals surface area contributed by atoms with Gasteiger partial charge in [-0.3, -0.25) is 0 Å². The maximum Gasteiger partial charge on any atom is 0.0627 e. The lowest BCUT2D eigenvalue weighted by molar-refractivity contribution is -0.0328. The summed E-state index contributed by atoms with van der Waals surface area (Å²) in [6, 6.07) is 0. The summed E-state index contributed by atoms with van der Waals surface area (Å²) in [5.41, 5.74) is -1.11. The van der Waals surface area contributed by atoms with Crippen LogP contribution in [0.4, 0.5) is 0 Å². The Kier molecular flexibility index (Phi) is 13.7. The lowest BCUT2D eigenvalue weighted by atomic mass is 9.93. The van der Waals surface area contributed by atoms with E-state index in [-0.39, 0.29) is 25.7 Å². The van der Waals surface area contributed by atoms with E-state index in [0.29, 0.717) is 6.42 Å². The zero-order valence-corrected chi connectivity index (χ0v) is 9.86. The molecule has 0 heterocycles. The zero-order valence-electron chi connectivity index (χ0n) is 9.86. The summed E-state index contributed by atoms with van der Waals surface area (Å²) in [4.78, 5) is 0. The van der Waals surface area contributed by atoms with Crippen LogP contribution in [0.2, 0.25) is 0 Å². The van der Waals surface area contributed by atoms with E-state index in [0.717, 1.165) is 0 Å². The highest BCUT2D eigenvalue weighted by molar-refractivity contribution is 4.74. The molecular weight excluding hydrogens is 232 g/mol. The van der Waals surface area contributed by atoms with Crippen LogP contribution in [0.25, 0.3) is 0 Å². The Balaban J connectivity index is 0. The predicted molar refractivity (Wildman–Crippen MR) is 60.1 cm³/mol. The van der Waals surface area contributed by atoms with Gasteiger partial charge >= 0.3 is 0 Å². The van der Waals surface area contributed by atoms with E-state index in [1.54, 1.807) is 0 Å². The third kappa shape index (κ3) is 8.44. The Morgan fingerprint density at radius 2 is 1.00 bits per heavy atom. The second kappa shape index (κ2) is 12.2. The molecule has 0 rings (SSSR count). The van der Waals surface area contributed by atoms with Crippen LogP contribution in [-0.2, 0) is 0 Å². The maximum absolute atomic E-state index is 8.50. The lowest BCUT2D eigenvalue weighted by Gasteiger charge is -2.23. The van der Waals surface area contributed by atoms with E-state index in [9.17, 15) is 0 Å². The molecular formula is C10H24O7. The van der Waals surface area contributed by atoms with E-state index in [1.807, 2.05) is 0 Å². The standard InChI is InChI=1S/C5H12O4.C5H12O3/c6-1-5(2-7,3-8)4-9;6-2-1-5(3-7)4-8/h6-9H,1-4H2;5-8H,1-4H2. The fraction of sp³-hybridized carbons (Fsp3) is 1.00. The van der Waals surface area contributed by atoms with Crippen molar-refractivity contribution in [3.8, 4) is 0 Å². The van der Waals surface area contributed by atoms with Crippen molar-refractivity contribution in [3.63, 3.8) is 0 Å². The second-order valence-corrected chi connectivity index (χ2v) is 3.88. The van der Waals surface area contributed by atoms with Gasteiger partial charge < -0.3 is 35.7 Å². The monoisotopic (exact) mass is 256 g/mol. The van der Waals surface area contributed by atoms with Crippen LogP contribution in [0.15, 0.2) is 0 Å². The predicted octanol–water partition coefficient (Wildman–Crippen LogP) is -3.09. The van der Waals surface area contributed by atoms with Crippen LogP contribution >= 0.6 is 0 Å². The Labute approximate surface area is 101 Å². The van der Waals surface area contributed by atoms with Gasteiger partial charge in [0.1, 0.15) is 0 Å². The highest BCUT2D eigenvalue weighted by Gasteiger charge is 2.26. The molecule has 0 atom stereocenters. The molecule has 0 saturated heterocycles. The summed E-state index contributed by atoms with van der Waals surface area (Å²) < 4.78 is 0. The number of hydrogen-bond donors (Lipinski definition) is 7. The van der Waals surface area contributed by atoms with Crippen molar-refractivity contribution in [1.82, 2.24) is 0 Å². The van der Waals surface area contributed by atoms with E-state index in [4.69, 9.17) is 35.7 Å². The number of hydrogen-bond acceptors (Lipinski definition) is 7. The van der Waals surface area contributed by atoms with E-state index >= 15 is 0 Å². The summed E-state index contributed by atoms with van der Waals surface area (Å²) in [5, 5.41) is 59.0. The third-order valence-electron chi connectivity index (χ3n) is 2.40. The normalized spacial score (nSPS) is 11.3. The molecule has 0 fully saturated rings. The molecule has 0 unspecified atom stereocenters. The van der Waals surface area contributed by atoms with Crippen molar-refractivity contribution in [2.45, 2.75) is 6.42 Å². The average Bonchev–Trinajstić information content (AvgIpc) is 2.40. The summed E-state index contributed by atoms with van der Waals surface area (Å²) in [6.07, 6.45) is 0.479.